The van der Waals surface area contributed by atoms with Crippen LogP contribution in [-0.2, 0) is 21.2 Å². The van der Waals surface area contributed by atoms with E-state index in [1.54, 1.807) is 12.1 Å². The molecule has 0 unspecified atom stereocenters. The van der Waals surface area contributed by atoms with Crippen LogP contribution >= 0.6 is 23.4 Å². The third kappa shape index (κ3) is 4.20. The van der Waals surface area contributed by atoms with E-state index in [1.165, 1.54) is 11.8 Å². The molecule has 0 N–H and O–H groups in total. The summed E-state index contributed by atoms with van der Waals surface area (Å²) in [5.74, 6) is 0.0577. The lowest BCUT2D eigenvalue weighted by Gasteiger charge is -2.25. The Hall–Kier alpha value is -1.05. The molecule has 2 heterocycles. The largest absolute Gasteiger partial charge is 0.342 e. The van der Waals surface area contributed by atoms with Crippen molar-refractivity contribution in [2.24, 2.45) is 10.4 Å². The van der Waals surface area contributed by atoms with Gasteiger partial charge in [-0.2, -0.15) is 4.99 Å². The van der Waals surface area contributed by atoms with Gasteiger partial charge < -0.3 is 4.90 Å². The fourth-order valence-corrected chi connectivity index (χ4v) is 6.94. The fraction of sp³-hybridized carbons (Fsp3) is 0.529. The summed E-state index contributed by atoms with van der Waals surface area (Å²) in [6.45, 7) is 5.99. The Kier molecular flexibility index (Phi) is 4.94. The molecule has 2 saturated heterocycles. The minimum atomic E-state index is -3.04. The molecule has 1 amide bonds. The first-order chi connectivity index (χ1) is 11.5. The zero-order valence-electron chi connectivity index (χ0n) is 14.4. The molecular weight excluding hydrogens is 380 g/mol. The summed E-state index contributed by atoms with van der Waals surface area (Å²) >= 11 is 7.35. The molecule has 136 valence electrons. The van der Waals surface area contributed by atoms with Crippen molar-refractivity contribution in [2.75, 3.05) is 11.5 Å². The van der Waals surface area contributed by atoms with Crippen molar-refractivity contribution in [2.45, 2.75) is 38.6 Å². The van der Waals surface area contributed by atoms with Gasteiger partial charge in [-0.3, -0.25) is 4.79 Å². The lowest BCUT2D eigenvalue weighted by atomic mass is 9.96. The van der Waals surface area contributed by atoms with Crippen LogP contribution < -0.4 is 0 Å². The Balaban J connectivity index is 1.91. The molecule has 0 aromatic heterocycles. The highest BCUT2D eigenvalue weighted by Gasteiger charge is 2.48. The summed E-state index contributed by atoms with van der Waals surface area (Å²) in [6, 6.07) is 7.29. The van der Waals surface area contributed by atoms with Gasteiger partial charge in [0, 0.05) is 22.2 Å². The topological polar surface area (TPSA) is 66.8 Å². The fourth-order valence-electron chi connectivity index (χ4n) is 2.86. The van der Waals surface area contributed by atoms with Crippen LogP contribution in [0.4, 0.5) is 0 Å². The third-order valence-electron chi connectivity index (χ3n) is 4.28. The minimum Gasteiger partial charge on any atom is -0.342 e. The van der Waals surface area contributed by atoms with Gasteiger partial charge in [0.1, 0.15) is 0 Å². The third-order valence-corrected chi connectivity index (χ3v) is 7.78. The molecule has 1 aromatic carbocycles. The summed E-state index contributed by atoms with van der Waals surface area (Å²) in [5.41, 5.74) is 0.439. The number of hydrogen-bond acceptors (Lipinski definition) is 4. The predicted octanol–water partition coefficient (Wildman–Crippen LogP) is 2.98. The van der Waals surface area contributed by atoms with Crippen molar-refractivity contribution in [1.29, 1.82) is 0 Å². The number of sulfone groups is 1. The molecule has 0 aliphatic carbocycles. The van der Waals surface area contributed by atoms with Gasteiger partial charge in [0.2, 0.25) is 0 Å². The molecule has 0 saturated carbocycles. The van der Waals surface area contributed by atoms with Gasteiger partial charge >= 0.3 is 0 Å². The summed E-state index contributed by atoms with van der Waals surface area (Å²) < 4.78 is 24.0. The number of fused-ring (bicyclic) bond motifs is 1. The first-order valence-corrected chi connectivity index (χ1v) is 11.1. The number of benzene rings is 1. The second kappa shape index (κ2) is 6.59. The number of amides is 1. The summed E-state index contributed by atoms with van der Waals surface area (Å²) in [6.07, 6.45) is 0. The highest BCUT2D eigenvalue weighted by atomic mass is 35.5. The quantitative estimate of drug-likeness (QED) is 0.763. The number of carbonyl (C=O) groups excluding carboxylic acids is 1. The average Bonchev–Trinajstić information content (AvgIpc) is 2.93. The molecule has 2 fully saturated rings. The highest BCUT2D eigenvalue weighted by Crippen LogP contribution is 2.39. The Morgan fingerprint density at radius 1 is 1.28 bits per heavy atom. The maximum Gasteiger partial charge on any atom is 0.253 e. The second-order valence-electron chi connectivity index (χ2n) is 7.50. The van der Waals surface area contributed by atoms with Crippen LogP contribution in [0.5, 0.6) is 0 Å². The van der Waals surface area contributed by atoms with Crippen LogP contribution in [0.15, 0.2) is 29.3 Å². The Bertz CT molecular complexity index is 813. The van der Waals surface area contributed by atoms with Gasteiger partial charge in [-0.15, -0.1) is 0 Å². The Morgan fingerprint density at radius 3 is 2.52 bits per heavy atom. The molecule has 0 spiro atoms. The normalized spacial score (nSPS) is 26.9. The maximum absolute atomic E-state index is 12.3. The van der Waals surface area contributed by atoms with Crippen LogP contribution in [-0.4, -0.2) is 47.2 Å². The summed E-state index contributed by atoms with van der Waals surface area (Å²) in [5, 5.41) is 1.21. The van der Waals surface area contributed by atoms with Crippen LogP contribution in [0.1, 0.15) is 26.3 Å². The number of aliphatic imine (C=N–C) groups is 1. The molecule has 2 aliphatic heterocycles. The lowest BCUT2D eigenvalue weighted by molar-refractivity contribution is -0.124. The van der Waals surface area contributed by atoms with Crippen molar-refractivity contribution < 1.29 is 13.2 Å². The van der Waals surface area contributed by atoms with E-state index in [0.717, 1.165) is 5.56 Å². The first-order valence-electron chi connectivity index (χ1n) is 8.06. The number of amidine groups is 1. The highest BCUT2D eigenvalue weighted by molar-refractivity contribution is 8.15. The number of thioether (sulfide) groups is 1. The zero-order valence-corrected chi connectivity index (χ0v) is 16.8. The monoisotopic (exact) mass is 400 g/mol. The number of halogens is 1. The summed E-state index contributed by atoms with van der Waals surface area (Å²) in [7, 11) is -3.04. The summed E-state index contributed by atoms with van der Waals surface area (Å²) in [4.78, 5) is 18.6. The van der Waals surface area contributed by atoms with Crippen molar-refractivity contribution >= 4 is 44.3 Å². The van der Waals surface area contributed by atoms with E-state index in [-0.39, 0.29) is 28.7 Å². The molecule has 0 bridgehead atoms. The second-order valence-corrected chi connectivity index (χ2v) is 11.3. The van der Waals surface area contributed by atoms with Crippen molar-refractivity contribution in [3.63, 3.8) is 0 Å². The molecule has 1 aromatic rings. The molecule has 2 aliphatic rings. The Labute approximate surface area is 157 Å². The number of carbonyl (C=O) groups is 1. The maximum atomic E-state index is 12.3. The number of nitrogens with zero attached hydrogens (tertiary/aromatic N) is 2. The molecule has 5 nitrogen and oxygen atoms in total. The van der Waals surface area contributed by atoms with E-state index < -0.39 is 15.3 Å². The first kappa shape index (κ1) is 18.7. The van der Waals surface area contributed by atoms with Crippen LogP contribution in [0.25, 0.3) is 0 Å². The smallest absolute Gasteiger partial charge is 0.253 e. The molecule has 0 radical (unpaired) electrons. The SMILES string of the molecule is CC(C)(C)C(=O)N=C1S[C@H]2CS(=O)(=O)C[C@H]2N1Cc1ccc(Cl)cc1. The van der Waals surface area contributed by atoms with E-state index in [2.05, 4.69) is 4.99 Å². The van der Waals surface area contributed by atoms with Crippen molar-refractivity contribution in [3.8, 4) is 0 Å². The lowest BCUT2D eigenvalue weighted by Crippen LogP contribution is -2.37. The van der Waals surface area contributed by atoms with Crippen molar-refractivity contribution in [1.82, 2.24) is 4.90 Å². The molecule has 8 heteroatoms. The minimum absolute atomic E-state index is 0.0659. The van der Waals surface area contributed by atoms with Gasteiger partial charge in [-0.05, 0) is 17.7 Å². The van der Waals surface area contributed by atoms with E-state index in [1.807, 2.05) is 37.8 Å². The zero-order chi connectivity index (χ0) is 18.4. The number of hydrogen-bond donors (Lipinski definition) is 0. The molecule has 2 atom stereocenters. The van der Waals surface area contributed by atoms with Crippen LogP contribution in [0.2, 0.25) is 5.02 Å². The van der Waals surface area contributed by atoms with Gasteiger partial charge in [0.25, 0.3) is 5.91 Å². The van der Waals surface area contributed by atoms with Gasteiger partial charge in [-0.1, -0.05) is 56.3 Å². The molecule has 25 heavy (non-hydrogen) atoms. The van der Waals surface area contributed by atoms with E-state index in [0.29, 0.717) is 16.7 Å². The van der Waals surface area contributed by atoms with E-state index >= 15 is 0 Å². The molecular formula is C17H21ClN2O3S2. The van der Waals surface area contributed by atoms with Gasteiger partial charge in [-0.25, -0.2) is 8.42 Å². The average molecular weight is 401 g/mol. The van der Waals surface area contributed by atoms with Gasteiger partial charge in [0.05, 0.1) is 17.5 Å². The van der Waals surface area contributed by atoms with Crippen molar-refractivity contribution in [3.05, 3.63) is 34.9 Å². The predicted molar refractivity (Wildman–Crippen MR) is 103 cm³/mol. The van der Waals surface area contributed by atoms with E-state index in [4.69, 9.17) is 11.6 Å². The van der Waals surface area contributed by atoms with E-state index in [9.17, 15) is 13.2 Å². The van der Waals surface area contributed by atoms with Crippen LogP contribution in [0, 0.1) is 5.41 Å². The van der Waals surface area contributed by atoms with Gasteiger partial charge in [0.15, 0.2) is 15.0 Å². The standard InChI is InChI=1S/C17H21ClN2O3S2/c1-17(2,3)15(21)19-16-20(8-11-4-6-12(18)7-5-11)13-9-25(22,23)10-14(13)24-16/h4-7,13-14H,8-10H2,1-3H3/t13-,14+/m1/s1. The molecule has 3 rings (SSSR count). The number of rotatable bonds is 2. The van der Waals surface area contributed by atoms with Crippen LogP contribution in [0.3, 0.4) is 0 Å². The Morgan fingerprint density at radius 2 is 1.92 bits per heavy atom.